The second kappa shape index (κ2) is 7.64. The first-order chi connectivity index (χ1) is 11.1. The average Bonchev–Trinajstić information content (AvgIpc) is 2.76. The van der Waals surface area contributed by atoms with Gasteiger partial charge in [-0.2, -0.15) is 0 Å². The Morgan fingerprint density at radius 3 is 2.61 bits per heavy atom. The number of carbonyl (C=O) groups excluding carboxylic acids is 1. The molecule has 0 fully saturated rings. The van der Waals surface area contributed by atoms with E-state index in [4.69, 9.17) is 4.74 Å². The van der Waals surface area contributed by atoms with Crippen LogP contribution in [0.2, 0.25) is 0 Å². The molecule has 0 aliphatic rings. The molecule has 124 valence electrons. The van der Waals surface area contributed by atoms with Gasteiger partial charge in [0.05, 0.1) is 11.4 Å². The van der Waals surface area contributed by atoms with E-state index in [1.165, 1.54) is 4.68 Å². The number of nitrogens with one attached hydrogen (secondary N) is 2. The standard InChI is InChI=1S/C16H22N4O3/c1-12-14(18-16(22)17-10-7-11-23-3)15(21)20(19(12)2)13-8-5-4-6-9-13/h4-6,8-9H,7,10-11H2,1-3H3,(H2,17,18,22). The van der Waals surface area contributed by atoms with E-state index in [1.54, 1.807) is 25.8 Å². The number of urea groups is 1. The molecule has 0 aliphatic carbocycles. The second-order valence-corrected chi connectivity index (χ2v) is 5.16. The topological polar surface area (TPSA) is 77.3 Å². The zero-order valence-electron chi connectivity index (χ0n) is 13.6. The molecule has 1 aromatic carbocycles. The third-order valence-corrected chi connectivity index (χ3v) is 3.60. The number of hydrogen-bond acceptors (Lipinski definition) is 3. The van der Waals surface area contributed by atoms with Gasteiger partial charge in [-0.15, -0.1) is 0 Å². The van der Waals surface area contributed by atoms with Crippen LogP contribution in [0.4, 0.5) is 10.5 Å². The maximum Gasteiger partial charge on any atom is 0.319 e. The maximum absolute atomic E-state index is 12.6. The zero-order valence-corrected chi connectivity index (χ0v) is 13.6. The molecule has 2 N–H and O–H groups in total. The highest BCUT2D eigenvalue weighted by Crippen LogP contribution is 2.13. The summed E-state index contributed by atoms with van der Waals surface area (Å²) >= 11 is 0. The molecule has 0 bridgehead atoms. The monoisotopic (exact) mass is 318 g/mol. The number of rotatable bonds is 6. The van der Waals surface area contributed by atoms with Crippen molar-refractivity contribution in [3.05, 3.63) is 46.4 Å². The predicted molar refractivity (Wildman–Crippen MR) is 89.3 cm³/mol. The van der Waals surface area contributed by atoms with E-state index in [1.807, 2.05) is 30.3 Å². The van der Waals surface area contributed by atoms with E-state index in [0.29, 0.717) is 25.3 Å². The number of anilines is 1. The van der Waals surface area contributed by atoms with Crippen LogP contribution >= 0.6 is 0 Å². The number of nitrogens with zero attached hydrogens (tertiary/aromatic N) is 2. The molecule has 1 aromatic heterocycles. The SMILES string of the molecule is COCCCNC(=O)Nc1c(C)n(C)n(-c2ccccc2)c1=O. The molecule has 2 aromatic rings. The summed E-state index contributed by atoms with van der Waals surface area (Å²) in [5.74, 6) is 0. The average molecular weight is 318 g/mol. The van der Waals surface area contributed by atoms with E-state index in [-0.39, 0.29) is 11.2 Å². The number of aromatic nitrogens is 2. The van der Waals surface area contributed by atoms with Crippen LogP contribution in [0.1, 0.15) is 12.1 Å². The van der Waals surface area contributed by atoms with E-state index >= 15 is 0 Å². The van der Waals surface area contributed by atoms with Crippen LogP contribution in [0, 0.1) is 6.92 Å². The van der Waals surface area contributed by atoms with E-state index in [2.05, 4.69) is 10.6 Å². The summed E-state index contributed by atoms with van der Waals surface area (Å²) in [5, 5.41) is 5.34. The number of ether oxygens (including phenoxy) is 1. The van der Waals surface area contributed by atoms with Gasteiger partial charge in [-0.1, -0.05) is 18.2 Å². The molecule has 7 heteroatoms. The minimum atomic E-state index is -0.396. The molecule has 2 rings (SSSR count). The van der Waals surface area contributed by atoms with Gasteiger partial charge in [0.25, 0.3) is 5.56 Å². The zero-order chi connectivity index (χ0) is 16.8. The van der Waals surface area contributed by atoms with Crippen LogP contribution in [0.3, 0.4) is 0 Å². The van der Waals surface area contributed by atoms with Crippen molar-refractivity contribution in [2.75, 3.05) is 25.6 Å². The highest BCUT2D eigenvalue weighted by atomic mass is 16.5. The quantitative estimate of drug-likeness (QED) is 0.795. The minimum Gasteiger partial charge on any atom is -0.385 e. The van der Waals surface area contributed by atoms with Crippen LogP contribution in [-0.4, -0.2) is 35.7 Å². The molecule has 1 heterocycles. The lowest BCUT2D eigenvalue weighted by Crippen LogP contribution is -2.32. The summed E-state index contributed by atoms with van der Waals surface area (Å²) in [6, 6.07) is 8.90. The van der Waals surface area contributed by atoms with Crippen LogP contribution in [0.25, 0.3) is 5.69 Å². The summed E-state index contributed by atoms with van der Waals surface area (Å²) in [6.07, 6.45) is 0.714. The van der Waals surface area contributed by atoms with E-state index in [0.717, 1.165) is 5.69 Å². The normalized spacial score (nSPS) is 10.6. The van der Waals surface area contributed by atoms with Gasteiger partial charge in [-0.3, -0.25) is 9.48 Å². The Morgan fingerprint density at radius 2 is 1.96 bits per heavy atom. The fourth-order valence-corrected chi connectivity index (χ4v) is 2.29. The van der Waals surface area contributed by atoms with Gasteiger partial charge in [0.1, 0.15) is 5.69 Å². The van der Waals surface area contributed by atoms with Crippen molar-refractivity contribution in [2.24, 2.45) is 7.05 Å². The smallest absolute Gasteiger partial charge is 0.319 e. The van der Waals surface area contributed by atoms with Gasteiger partial charge < -0.3 is 15.4 Å². The highest BCUT2D eigenvalue weighted by Gasteiger charge is 2.17. The maximum atomic E-state index is 12.6. The van der Waals surface area contributed by atoms with Crippen LogP contribution in [0.5, 0.6) is 0 Å². The first-order valence-corrected chi connectivity index (χ1v) is 7.44. The first kappa shape index (κ1) is 16.8. The lowest BCUT2D eigenvalue weighted by molar-refractivity contribution is 0.194. The van der Waals surface area contributed by atoms with Crippen LogP contribution < -0.4 is 16.2 Å². The third kappa shape index (κ3) is 3.81. The third-order valence-electron chi connectivity index (χ3n) is 3.60. The van der Waals surface area contributed by atoms with Gasteiger partial charge in [0.2, 0.25) is 0 Å². The Balaban J connectivity index is 2.18. The van der Waals surface area contributed by atoms with Gasteiger partial charge in [0, 0.05) is 27.3 Å². The summed E-state index contributed by atoms with van der Waals surface area (Å²) < 4.78 is 8.16. The lowest BCUT2D eigenvalue weighted by Gasteiger charge is -2.07. The fourth-order valence-electron chi connectivity index (χ4n) is 2.29. The van der Waals surface area contributed by atoms with Crippen molar-refractivity contribution < 1.29 is 9.53 Å². The van der Waals surface area contributed by atoms with Crippen LogP contribution in [0.15, 0.2) is 35.1 Å². The summed E-state index contributed by atoms with van der Waals surface area (Å²) in [6.45, 7) is 2.85. The fraction of sp³-hybridized carbons (Fsp3) is 0.375. The van der Waals surface area contributed by atoms with E-state index < -0.39 is 6.03 Å². The van der Waals surface area contributed by atoms with E-state index in [9.17, 15) is 9.59 Å². The summed E-state index contributed by atoms with van der Waals surface area (Å²) in [4.78, 5) is 24.5. The molecule has 7 nitrogen and oxygen atoms in total. The number of methoxy groups -OCH3 is 1. The Kier molecular flexibility index (Phi) is 5.59. The molecule has 0 saturated heterocycles. The Hall–Kier alpha value is -2.54. The molecule has 2 amide bonds. The van der Waals surface area contributed by atoms with Crippen molar-refractivity contribution in [1.29, 1.82) is 0 Å². The summed E-state index contributed by atoms with van der Waals surface area (Å²) in [7, 11) is 3.39. The van der Waals surface area contributed by atoms with Crippen LogP contribution in [-0.2, 0) is 11.8 Å². The molecular formula is C16H22N4O3. The molecule has 0 spiro atoms. The number of para-hydroxylation sites is 1. The van der Waals surface area contributed by atoms with Crippen molar-refractivity contribution in [2.45, 2.75) is 13.3 Å². The number of amides is 2. The highest BCUT2D eigenvalue weighted by molar-refractivity contribution is 5.89. The molecule has 23 heavy (non-hydrogen) atoms. The van der Waals surface area contributed by atoms with Gasteiger partial charge >= 0.3 is 6.03 Å². The number of benzene rings is 1. The Morgan fingerprint density at radius 1 is 1.26 bits per heavy atom. The van der Waals surface area contributed by atoms with Gasteiger partial charge in [0.15, 0.2) is 0 Å². The predicted octanol–water partition coefficient (Wildman–Crippen LogP) is 1.64. The van der Waals surface area contributed by atoms with Crippen molar-refractivity contribution >= 4 is 11.7 Å². The Labute approximate surface area is 134 Å². The largest absolute Gasteiger partial charge is 0.385 e. The molecule has 0 aliphatic heterocycles. The van der Waals surface area contributed by atoms with Crippen molar-refractivity contribution in [1.82, 2.24) is 14.7 Å². The molecular weight excluding hydrogens is 296 g/mol. The lowest BCUT2D eigenvalue weighted by atomic mass is 10.3. The first-order valence-electron chi connectivity index (χ1n) is 7.44. The number of carbonyl (C=O) groups is 1. The second-order valence-electron chi connectivity index (χ2n) is 5.16. The molecule has 0 saturated carbocycles. The van der Waals surface area contributed by atoms with Gasteiger partial charge in [-0.05, 0) is 25.5 Å². The van der Waals surface area contributed by atoms with Gasteiger partial charge in [-0.25, -0.2) is 9.48 Å². The van der Waals surface area contributed by atoms with Crippen molar-refractivity contribution in [3.8, 4) is 5.69 Å². The van der Waals surface area contributed by atoms with Crippen molar-refractivity contribution in [3.63, 3.8) is 0 Å². The molecule has 0 unspecified atom stereocenters. The minimum absolute atomic E-state index is 0.261. The number of hydrogen-bond donors (Lipinski definition) is 2. The summed E-state index contributed by atoms with van der Waals surface area (Å²) in [5.41, 5.74) is 1.45. The molecule has 0 radical (unpaired) electrons. The molecule has 0 atom stereocenters. The Bertz CT molecular complexity index is 719.